The van der Waals surface area contributed by atoms with E-state index in [9.17, 15) is 13.2 Å². The number of piperidine rings is 1. The maximum absolute atomic E-state index is 12.5. The van der Waals surface area contributed by atoms with Crippen LogP contribution in [0.5, 0.6) is 0 Å². The molecule has 0 radical (unpaired) electrons. The Bertz CT molecular complexity index is 936. The molecule has 1 unspecified atom stereocenters. The zero-order valence-corrected chi connectivity index (χ0v) is 17.8. The van der Waals surface area contributed by atoms with E-state index in [1.165, 1.54) is 20.2 Å². The van der Waals surface area contributed by atoms with Crippen molar-refractivity contribution in [3.05, 3.63) is 41.7 Å². The van der Waals surface area contributed by atoms with Gasteiger partial charge in [-0.15, -0.1) is 12.4 Å². The van der Waals surface area contributed by atoms with Crippen molar-refractivity contribution in [1.82, 2.24) is 19.4 Å². The van der Waals surface area contributed by atoms with Crippen LogP contribution in [0.3, 0.4) is 0 Å². The van der Waals surface area contributed by atoms with Crippen LogP contribution in [0, 0.1) is 6.92 Å². The standard InChI is InChI=1S/C18H25N5O3S.ClH/c1-13-6-7-14(11-17(13)27(25,26)22(2)3)20-18(24)16-8-10-23(21-16)15-5-4-9-19-12-15;/h6-8,10-11,15,19H,4-5,9,12H2,1-3H3,(H,20,24);1H. The predicted molar refractivity (Wildman–Crippen MR) is 111 cm³/mol. The van der Waals surface area contributed by atoms with Gasteiger partial charge in [0, 0.05) is 32.5 Å². The number of nitrogens with zero attached hydrogens (tertiary/aromatic N) is 3. The summed E-state index contributed by atoms with van der Waals surface area (Å²) in [6.45, 7) is 3.57. The molecule has 0 bridgehead atoms. The molecule has 8 nitrogen and oxygen atoms in total. The molecule has 3 rings (SSSR count). The molecular weight excluding hydrogens is 402 g/mol. The van der Waals surface area contributed by atoms with Crippen LogP contribution in [0.25, 0.3) is 0 Å². The molecule has 2 heterocycles. The maximum atomic E-state index is 12.5. The number of aryl methyl sites for hydroxylation is 1. The summed E-state index contributed by atoms with van der Waals surface area (Å²) >= 11 is 0. The van der Waals surface area contributed by atoms with Crippen molar-refractivity contribution < 1.29 is 13.2 Å². The number of hydrogen-bond acceptors (Lipinski definition) is 5. The van der Waals surface area contributed by atoms with E-state index < -0.39 is 10.0 Å². The van der Waals surface area contributed by atoms with Gasteiger partial charge in [0.1, 0.15) is 0 Å². The van der Waals surface area contributed by atoms with Gasteiger partial charge in [-0.05, 0) is 50.1 Å². The fourth-order valence-corrected chi connectivity index (χ4v) is 4.21. The Hall–Kier alpha value is -1.94. The van der Waals surface area contributed by atoms with Gasteiger partial charge in [-0.1, -0.05) is 6.07 Å². The fourth-order valence-electron chi connectivity index (χ4n) is 3.07. The molecule has 0 aliphatic carbocycles. The molecule has 2 N–H and O–H groups in total. The molecule has 1 aliphatic heterocycles. The number of carbonyl (C=O) groups is 1. The number of benzene rings is 1. The van der Waals surface area contributed by atoms with Gasteiger partial charge in [-0.3, -0.25) is 9.48 Å². The van der Waals surface area contributed by atoms with Crippen molar-refractivity contribution in [2.75, 3.05) is 32.5 Å². The van der Waals surface area contributed by atoms with Crippen LogP contribution in [-0.2, 0) is 10.0 Å². The van der Waals surface area contributed by atoms with Crippen molar-refractivity contribution in [2.24, 2.45) is 0 Å². The molecule has 2 aromatic rings. The largest absolute Gasteiger partial charge is 0.321 e. The van der Waals surface area contributed by atoms with Crippen LogP contribution in [0.2, 0.25) is 0 Å². The molecule has 28 heavy (non-hydrogen) atoms. The number of amides is 1. The van der Waals surface area contributed by atoms with Gasteiger partial charge in [-0.2, -0.15) is 5.10 Å². The van der Waals surface area contributed by atoms with E-state index in [-0.39, 0.29) is 29.3 Å². The molecule has 0 saturated carbocycles. The first-order chi connectivity index (χ1) is 12.8. The van der Waals surface area contributed by atoms with Crippen molar-refractivity contribution in [3.8, 4) is 0 Å². The molecule has 10 heteroatoms. The highest BCUT2D eigenvalue weighted by Crippen LogP contribution is 2.23. The number of sulfonamides is 1. The Morgan fingerprint density at radius 1 is 1.32 bits per heavy atom. The number of halogens is 1. The Morgan fingerprint density at radius 2 is 2.07 bits per heavy atom. The lowest BCUT2D eigenvalue weighted by molar-refractivity contribution is 0.102. The summed E-state index contributed by atoms with van der Waals surface area (Å²) in [5.41, 5.74) is 1.34. The number of hydrogen-bond donors (Lipinski definition) is 2. The van der Waals surface area contributed by atoms with Crippen LogP contribution < -0.4 is 10.6 Å². The highest BCUT2D eigenvalue weighted by Gasteiger charge is 2.21. The van der Waals surface area contributed by atoms with Gasteiger partial charge in [0.15, 0.2) is 5.69 Å². The van der Waals surface area contributed by atoms with Crippen LogP contribution in [-0.4, -0.2) is 55.6 Å². The highest BCUT2D eigenvalue weighted by molar-refractivity contribution is 7.89. The third kappa shape index (κ3) is 4.72. The second kappa shape index (κ2) is 9.04. The third-order valence-corrected chi connectivity index (χ3v) is 6.65. The van der Waals surface area contributed by atoms with Gasteiger partial charge >= 0.3 is 0 Å². The van der Waals surface area contributed by atoms with E-state index in [1.54, 1.807) is 25.1 Å². The first kappa shape index (κ1) is 22.4. The molecule has 1 aliphatic rings. The van der Waals surface area contributed by atoms with Crippen molar-refractivity contribution >= 4 is 34.0 Å². The summed E-state index contributed by atoms with van der Waals surface area (Å²) in [5, 5.41) is 10.4. The monoisotopic (exact) mass is 427 g/mol. The molecule has 1 aromatic heterocycles. The van der Waals surface area contributed by atoms with Crippen LogP contribution in [0.1, 0.15) is 34.9 Å². The first-order valence-electron chi connectivity index (χ1n) is 8.89. The highest BCUT2D eigenvalue weighted by atomic mass is 35.5. The minimum absolute atomic E-state index is 0. The minimum atomic E-state index is -3.59. The number of aromatic nitrogens is 2. The number of rotatable bonds is 5. The van der Waals surface area contributed by atoms with Crippen molar-refractivity contribution in [3.63, 3.8) is 0 Å². The molecule has 154 valence electrons. The molecule has 1 aromatic carbocycles. The Balaban J connectivity index is 0.00000280. The number of anilines is 1. The number of nitrogens with one attached hydrogen (secondary N) is 2. The van der Waals surface area contributed by atoms with Gasteiger partial charge in [0.2, 0.25) is 10.0 Å². The average molecular weight is 428 g/mol. The normalized spacial score (nSPS) is 17.2. The summed E-state index contributed by atoms with van der Waals surface area (Å²) in [5.74, 6) is -0.366. The quantitative estimate of drug-likeness (QED) is 0.761. The lowest BCUT2D eigenvalue weighted by Gasteiger charge is -2.22. The zero-order valence-electron chi connectivity index (χ0n) is 16.2. The van der Waals surface area contributed by atoms with Crippen molar-refractivity contribution in [2.45, 2.75) is 30.7 Å². The van der Waals surface area contributed by atoms with Gasteiger partial charge < -0.3 is 10.6 Å². The maximum Gasteiger partial charge on any atom is 0.276 e. The number of carbonyl (C=O) groups excluding carboxylic acids is 1. The molecule has 1 saturated heterocycles. The van der Waals surface area contributed by atoms with E-state index in [0.29, 0.717) is 16.9 Å². The smallest absolute Gasteiger partial charge is 0.276 e. The van der Waals surface area contributed by atoms with Gasteiger partial charge in [0.25, 0.3) is 5.91 Å². The molecule has 1 atom stereocenters. The van der Waals surface area contributed by atoms with Crippen LogP contribution in [0.4, 0.5) is 5.69 Å². The Morgan fingerprint density at radius 3 is 2.71 bits per heavy atom. The van der Waals surface area contributed by atoms with E-state index >= 15 is 0 Å². The topological polar surface area (TPSA) is 96.3 Å². The summed E-state index contributed by atoms with van der Waals surface area (Å²) in [7, 11) is -0.628. The van der Waals surface area contributed by atoms with E-state index in [4.69, 9.17) is 0 Å². The van der Waals surface area contributed by atoms with Crippen LogP contribution in [0.15, 0.2) is 35.4 Å². The molecular formula is C18H26ClN5O3S. The van der Waals surface area contributed by atoms with Crippen molar-refractivity contribution in [1.29, 1.82) is 0 Å². The Labute approximate surface area is 171 Å². The minimum Gasteiger partial charge on any atom is -0.321 e. The molecule has 1 amide bonds. The van der Waals surface area contributed by atoms with E-state index in [0.717, 1.165) is 30.2 Å². The molecule has 0 spiro atoms. The second-order valence-electron chi connectivity index (χ2n) is 6.90. The third-order valence-electron chi connectivity index (χ3n) is 4.69. The summed E-state index contributed by atoms with van der Waals surface area (Å²) < 4.78 is 27.8. The summed E-state index contributed by atoms with van der Waals surface area (Å²) in [4.78, 5) is 12.7. The first-order valence-corrected chi connectivity index (χ1v) is 10.3. The fraction of sp³-hybridized carbons (Fsp3) is 0.444. The van der Waals surface area contributed by atoms with Gasteiger partial charge in [-0.25, -0.2) is 12.7 Å². The molecule has 1 fully saturated rings. The Kier molecular flexibility index (Phi) is 7.22. The van der Waals surface area contributed by atoms with Crippen LogP contribution >= 0.6 is 12.4 Å². The summed E-state index contributed by atoms with van der Waals surface area (Å²) in [6.07, 6.45) is 3.92. The van der Waals surface area contributed by atoms with Gasteiger partial charge in [0.05, 0.1) is 10.9 Å². The lowest BCUT2D eigenvalue weighted by atomic mass is 10.1. The summed E-state index contributed by atoms with van der Waals surface area (Å²) in [6, 6.07) is 6.76. The SMILES string of the molecule is Cc1ccc(NC(=O)c2ccn(C3CCCNC3)n2)cc1S(=O)(=O)N(C)C.Cl. The van der Waals surface area contributed by atoms with E-state index in [2.05, 4.69) is 15.7 Å². The predicted octanol–water partition coefficient (Wildman–Crippen LogP) is 2.04. The lowest BCUT2D eigenvalue weighted by Crippen LogP contribution is -2.32. The zero-order chi connectivity index (χ0) is 19.6. The van der Waals surface area contributed by atoms with E-state index in [1.807, 2.05) is 10.9 Å². The average Bonchev–Trinajstić information content (AvgIpc) is 3.14. The second-order valence-corrected chi connectivity index (χ2v) is 9.02.